The summed E-state index contributed by atoms with van der Waals surface area (Å²) >= 11 is 0. The highest BCUT2D eigenvalue weighted by Gasteiger charge is 2.40. The second-order valence-corrected chi connectivity index (χ2v) is 4.39. The third-order valence-electron chi connectivity index (χ3n) is 3.02. The van der Waals surface area contributed by atoms with Crippen molar-refractivity contribution in [2.45, 2.75) is 12.1 Å². The van der Waals surface area contributed by atoms with Crippen molar-refractivity contribution in [2.24, 2.45) is 5.73 Å². The molecule has 0 amide bonds. The van der Waals surface area contributed by atoms with Gasteiger partial charge >= 0.3 is 11.9 Å². The number of carboxylic acid groups (broad SMARTS) is 2. The normalized spacial score (nSPS) is 14.3. The second kappa shape index (κ2) is 6.99. The van der Waals surface area contributed by atoms with Crippen molar-refractivity contribution < 1.29 is 33.3 Å². The van der Waals surface area contributed by atoms with Gasteiger partial charge in [-0.15, -0.1) is 0 Å². The maximum atomic E-state index is 15.2. The van der Waals surface area contributed by atoms with Gasteiger partial charge in [-0.05, 0) is 24.2 Å². The first-order chi connectivity index (χ1) is 10.3. The zero-order valence-electron chi connectivity index (χ0n) is 11.7. The number of ether oxygens (including phenoxy) is 1. The molecule has 0 aromatic heterocycles. The number of hydrogen-bond donors (Lipinski definition) is 3. The lowest BCUT2D eigenvalue weighted by molar-refractivity contribution is -0.136. The van der Waals surface area contributed by atoms with Crippen molar-refractivity contribution in [3.05, 3.63) is 41.2 Å². The Kier molecular flexibility index (Phi) is 5.58. The minimum atomic E-state index is -2.74. The number of carboxylic acids is 2. The molecule has 0 bridgehead atoms. The molecule has 0 aliphatic carbocycles. The first kappa shape index (κ1) is 17.6. The molecule has 1 unspecified atom stereocenters. The lowest BCUT2D eigenvalue weighted by Gasteiger charge is -2.26. The molecule has 0 aliphatic heterocycles. The zero-order valence-corrected chi connectivity index (χ0v) is 11.7. The van der Waals surface area contributed by atoms with Gasteiger partial charge in [-0.3, -0.25) is 0 Å². The number of carbonyl (C=O) groups is 2. The summed E-state index contributed by atoms with van der Waals surface area (Å²) in [5.41, 5.74) is 1.16. The predicted octanol–water partition coefficient (Wildman–Crippen LogP) is 1.44. The molecule has 6 nitrogen and oxygen atoms in total. The summed E-state index contributed by atoms with van der Waals surface area (Å²) in [6.45, 7) is -0.269. The Labute approximate surface area is 124 Å². The van der Waals surface area contributed by atoms with Crippen LogP contribution in [0.2, 0.25) is 0 Å². The fraction of sp³-hybridized carbons (Fsp3) is 0.286. The van der Waals surface area contributed by atoms with E-state index in [1.54, 1.807) is 0 Å². The predicted molar refractivity (Wildman–Crippen MR) is 72.8 cm³/mol. The number of aliphatic carboxylic acids is 2. The topological polar surface area (TPSA) is 110 Å². The highest BCUT2D eigenvalue weighted by Crippen LogP contribution is 2.38. The molecule has 0 radical (unpaired) electrons. The first-order valence-corrected chi connectivity index (χ1v) is 6.17. The summed E-state index contributed by atoms with van der Waals surface area (Å²) in [5.74, 6) is -4.46. The van der Waals surface area contributed by atoms with Crippen LogP contribution in [0.25, 0.3) is 0 Å². The van der Waals surface area contributed by atoms with Gasteiger partial charge in [0, 0.05) is 12.5 Å². The minimum absolute atomic E-state index is 0.155. The molecule has 0 aliphatic rings. The van der Waals surface area contributed by atoms with Crippen LogP contribution in [0.4, 0.5) is 8.78 Å². The van der Waals surface area contributed by atoms with Crippen LogP contribution in [-0.4, -0.2) is 35.8 Å². The van der Waals surface area contributed by atoms with E-state index < -0.39 is 35.4 Å². The van der Waals surface area contributed by atoms with Gasteiger partial charge in [-0.1, -0.05) is 6.07 Å². The maximum Gasteiger partial charge on any atom is 0.335 e. The van der Waals surface area contributed by atoms with Gasteiger partial charge in [-0.2, -0.15) is 0 Å². The van der Waals surface area contributed by atoms with Crippen molar-refractivity contribution in [2.75, 3.05) is 13.7 Å². The van der Waals surface area contributed by atoms with Crippen molar-refractivity contribution in [1.29, 1.82) is 0 Å². The Balaban J connectivity index is 3.50. The summed E-state index contributed by atoms with van der Waals surface area (Å²) in [7, 11) is 1.22. The molecule has 0 saturated heterocycles. The molecular formula is C14H15F2NO5. The summed E-state index contributed by atoms with van der Waals surface area (Å²) in [6, 6.07) is 3.00. The van der Waals surface area contributed by atoms with Gasteiger partial charge in [0.1, 0.15) is 0 Å². The number of methoxy groups -OCH3 is 1. The fourth-order valence-electron chi connectivity index (χ4n) is 2.02. The largest absolute Gasteiger partial charge is 0.494 e. The molecule has 1 atom stereocenters. The van der Waals surface area contributed by atoms with Gasteiger partial charge in [0.15, 0.2) is 17.2 Å². The van der Waals surface area contributed by atoms with E-state index in [0.29, 0.717) is 0 Å². The van der Waals surface area contributed by atoms with E-state index in [4.69, 9.17) is 20.7 Å². The summed E-state index contributed by atoms with van der Waals surface area (Å²) < 4.78 is 33.7. The number of rotatable bonds is 7. The highest BCUT2D eigenvalue weighted by atomic mass is 19.1. The van der Waals surface area contributed by atoms with E-state index in [9.17, 15) is 14.0 Å². The van der Waals surface area contributed by atoms with Crippen LogP contribution in [0, 0.1) is 5.82 Å². The lowest BCUT2D eigenvalue weighted by atomic mass is 9.84. The van der Waals surface area contributed by atoms with Gasteiger partial charge in [0.2, 0.25) is 0 Å². The van der Waals surface area contributed by atoms with Crippen LogP contribution in [0.1, 0.15) is 12.0 Å². The van der Waals surface area contributed by atoms with E-state index in [1.807, 2.05) is 0 Å². The van der Waals surface area contributed by atoms with E-state index in [2.05, 4.69) is 0 Å². The van der Waals surface area contributed by atoms with Gasteiger partial charge in [-0.25, -0.2) is 18.4 Å². The Bertz CT molecular complexity index is 617. The van der Waals surface area contributed by atoms with Crippen LogP contribution in [0.3, 0.4) is 0 Å². The zero-order chi connectivity index (χ0) is 16.9. The third-order valence-corrected chi connectivity index (χ3v) is 3.02. The number of nitrogens with two attached hydrogens (primary N) is 1. The third kappa shape index (κ3) is 3.59. The van der Waals surface area contributed by atoms with Crippen molar-refractivity contribution in [3.63, 3.8) is 0 Å². The molecule has 0 heterocycles. The number of hydrogen-bond acceptors (Lipinski definition) is 4. The molecule has 1 aromatic carbocycles. The summed E-state index contributed by atoms with van der Waals surface area (Å²) in [6.07, 6.45) is -0.287. The number of alkyl halides is 1. The van der Waals surface area contributed by atoms with Crippen LogP contribution in [0.5, 0.6) is 5.75 Å². The summed E-state index contributed by atoms with van der Waals surface area (Å²) in [5, 5.41) is 17.8. The second-order valence-electron chi connectivity index (χ2n) is 4.39. The molecule has 8 heteroatoms. The number of benzene rings is 1. The molecule has 1 aromatic rings. The first-order valence-electron chi connectivity index (χ1n) is 6.17. The molecule has 0 fully saturated rings. The standard InChI is InChI=1S/C14H15F2NO5/c1-22-11-3-2-8(6-10(11)15)14(16,4-5-17)9(13(20)21)7-12(18)19/h2-3,6-7H,4-5,17H2,1H3,(H,18,19)(H,20,21). The maximum absolute atomic E-state index is 15.2. The molecule has 22 heavy (non-hydrogen) atoms. The van der Waals surface area contributed by atoms with E-state index in [0.717, 1.165) is 18.2 Å². The Hall–Kier alpha value is -2.48. The average Bonchev–Trinajstić information content (AvgIpc) is 2.44. The van der Waals surface area contributed by atoms with Crippen LogP contribution in [0.15, 0.2) is 29.8 Å². The van der Waals surface area contributed by atoms with E-state index >= 15 is 4.39 Å². The van der Waals surface area contributed by atoms with Gasteiger partial charge in [0.25, 0.3) is 0 Å². The average molecular weight is 315 g/mol. The van der Waals surface area contributed by atoms with Crippen LogP contribution >= 0.6 is 0 Å². The Morgan fingerprint density at radius 2 is 2.05 bits per heavy atom. The van der Waals surface area contributed by atoms with Crippen molar-refractivity contribution in [1.82, 2.24) is 0 Å². The van der Waals surface area contributed by atoms with Crippen molar-refractivity contribution >= 4 is 11.9 Å². The fourth-order valence-corrected chi connectivity index (χ4v) is 2.02. The minimum Gasteiger partial charge on any atom is -0.494 e. The number of halogens is 2. The molecular weight excluding hydrogens is 300 g/mol. The van der Waals surface area contributed by atoms with Crippen LogP contribution in [-0.2, 0) is 15.3 Å². The highest BCUT2D eigenvalue weighted by molar-refractivity contribution is 5.96. The van der Waals surface area contributed by atoms with E-state index in [1.165, 1.54) is 7.11 Å². The molecule has 4 N–H and O–H groups in total. The SMILES string of the molecule is COc1ccc(C(F)(CCN)C(=CC(=O)O)C(=O)O)cc1F. The smallest absolute Gasteiger partial charge is 0.335 e. The lowest BCUT2D eigenvalue weighted by Crippen LogP contribution is -2.31. The van der Waals surface area contributed by atoms with E-state index in [-0.39, 0.29) is 23.9 Å². The quantitative estimate of drug-likeness (QED) is 0.657. The molecule has 1 rings (SSSR count). The molecule has 120 valence electrons. The monoisotopic (exact) mass is 315 g/mol. The molecule has 0 saturated carbocycles. The van der Waals surface area contributed by atoms with Crippen LogP contribution < -0.4 is 10.5 Å². The Morgan fingerprint density at radius 1 is 1.41 bits per heavy atom. The Morgan fingerprint density at radius 3 is 2.45 bits per heavy atom. The van der Waals surface area contributed by atoms with Gasteiger partial charge < -0.3 is 20.7 Å². The van der Waals surface area contributed by atoms with Crippen molar-refractivity contribution in [3.8, 4) is 5.75 Å². The van der Waals surface area contributed by atoms with Gasteiger partial charge in [0.05, 0.1) is 12.7 Å². The molecule has 0 spiro atoms. The summed E-state index contributed by atoms with van der Waals surface area (Å²) in [4.78, 5) is 21.9.